The summed E-state index contributed by atoms with van der Waals surface area (Å²) < 4.78 is 16.9. The molecule has 0 aliphatic heterocycles. The van der Waals surface area contributed by atoms with Crippen LogP contribution < -0.4 is 0 Å². The van der Waals surface area contributed by atoms with Crippen molar-refractivity contribution in [2.24, 2.45) is 5.92 Å². The van der Waals surface area contributed by atoms with Crippen molar-refractivity contribution in [2.75, 3.05) is 59.1 Å². The Morgan fingerprint density at radius 2 is 1.08 bits per heavy atom. The molecule has 48 heavy (non-hydrogen) atoms. The average Bonchev–Trinajstić information content (AvgIpc) is 3.08. The van der Waals surface area contributed by atoms with Gasteiger partial charge in [-0.2, -0.15) is 0 Å². The molecule has 0 aliphatic carbocycles. The SMILES string of the molecule is CCCCCCC(CCCC)CCOC(=O)CCCCCCCCC(CCCCCC)OC(=O)OCCN(CCO)CCN(CC)CC. The van der Waals surface area contributed by atoms with Crippen LogP contribution >= 0.6 is 0 Å². The van der Waals surface area contributed by atoms with E-state index in [0.717, 1.165) is 96.8 Å². The molecule has 8 nitrogen and oxygen atoms in total. The van der Waals surface area contributed by atoms with Crippen LogP contribution in [0.5, 0.6) is 0 Å². The molecule has 286 valence electrons. The molecule has 0 aromatic rings. The van der Waals surface area contributed by atoms with Crippen molar-refractivity contribution < 1.29 is 28.9 Å². The predicted molar refractivity (Wildman–Crippen MR) is 201 cm³/mol. The van der Waals surface area contributed by atoms with Crippen LogP contribution in [0.25, 0.3) is 0 Å². The molecule has 0 aliphatic rings. The molecule has 8 heteroatoms. The van der Waals surface area contributed by atoms with E-state index in [9.17, 15) is 14.7 Å². The Labute approximate surface area is 297 Å². The van der Waals surface area contributed by atoms with E-state index in [0.29, 0.717) is 32.0 Å². The third-order valence-corrected chi connectivity index (χ3v) is 9.69. The van der Waals surface area contributed by atoms with Gasteiger partial charge in [-0.1, -0.05) is 131 Å². The number of likely N-dealkylation sites (N-methyl/N-ethyl adjacent to an activating group) is 1. The summed E-state index contributed by atoms with van der Waals surface area (Å²) >= 11 is 0. The Bertz CT molecular complexity index is 705. The van der Waals surface area contributed by atoms with Gasteiger partial charge in [0, 0.05) is 32.6 Å². The standard InChI is InChI=1S/C40H80N2O6/c1-6-11-14-20-25-37(24-13-8-3)29-35-46-39(44)28-23-19-17-16-18-22-27-38(26-21-15-12-7-2)48-40(45)47-36-33-42(32-34-43)31-30-41(9-4)10-5/h37-38,43H,6-36H2,1-5H3. The zero-order valence-corrected chi connectivity index (χ0v) is 32.5. The van der Waals surface area contributed by atoms with E-state index in [1.54, 1.807) is 0 Å². The molecule has 0 amide bonds. The highest BCUT2D eigenvalue weighted by atomic mass is 16.7. The fraction of sp³-hybridized carbons (Fsp3) is 0.950. The van der Waals surface area contributed by atoms with Gasteiger partial charge < -0.3 is 24.2 Å². The minimum atomic E-state index is -0.571. The molecule has 0 saturated carbocycles. The number of aliphatic hydroxyl groups excluding tert-OH is 1. The molecule has 0 rings (SSSR count). The van der Waals surface area contributed by atoms with Crippen molar-refractivity contribution >= 4 is 12.1 Å². The molecule has 0 spiro atoms. The van der Waals surface area contributed by atoms with E-state index in [2.05, 4.69) is 44.4 Å². The molecule has 0 fully saturated rings. The van der Waals surface area contributed by atoms with Crippen LogP contribution in [0.15, 0.2) is 0 Å². The Morgan fingerprint density at radius 1 is 0.542 bits per heavy atom. The van der Waals surface area contributed by atoms with Crippen LogP contribution in [0.3, 0.4) is 0 Å². The number of carbonyl (C=O) groups excluding carboxylic acids is 2. The maximum Gasteiger partial charge on any atom is 0.508 e. The van der Waals surface area contributed by atoms with E-state index in [1.807, 2.05) is 0 Å². The van der Waals surface area contributed by atoms with Gasteiger partial charge in [-0.15, -0.1) is 0 Å². The first-order valence-corrected chi connectivity index (χ1v) is 20.5. The molecule has 2 unspecified atom stereocenters. The zero-order valence-electron chi connectivity index (χ0n) is 32.5. The van der Waals surface area contributed by atoms with Gasteiger partial charge >= 0.3 is 12.1 Å². The number of carbonyl (C=O) groups is 2. The van der Waals surface area contributed by atoms with Crippen LogP contribution in [0.1, 0.15) is 176 Å². The van der Waals surface area contributed by atoms with Gasteiger partial charge in [0.15, 0.2) is 0 Å². The van der Waals surface area contributed by atoms with Crippen molar-refractivity contribution in [3.8, 4) is 0 Å². The maximum atomic E-state index is 12.5. The van der Waals surface area contributed by atoms with Crippen LogP contribution in [0.2, 0.25) is 0 Å². The molecule has 0 saturated heterocycles. The third kappa shape index (κ3) is 29.5. The molecule has 0 heterocycles. The van der Waals surface area contributed by atoms with Crippen LogP contribution in [0, 0.1) is 5.92 Å². The van der Waals surface area contributed by atoms with Gasteiger partial charge in [-0.05, 0) is 57.5 Å². The van der Waals surface area contributed by atoms with Crippen LogP contribution in [-0.4, -0.2) is 92.2 Å². The summed E-state index contributed by atoms with van der Waals surface area (Å²) in [4.78, 5) is 29.3. The highest BCUT2D eigenvalue weighted by molar-refractivity contribution is 5.69. The van der Waals surface area contributed by atoms with Crippen molar-refractivity contribution in [1.82, 2.24) is 9.80 Å². The number of unbranched alkanes of at least 4 members (excludes halogenated alkanes) is 12. The summed E-state index contributed by atoms with van der Waals surface area (Å²) in [6.45, 7) is 16.9. The Balaban J connectivity index is 4.27. The topological polar surface area (TPSA) is 88.5 Å². The molecule has 0 bridgehead atoms. The summed E-state index contributed by atoms with van der Waals surface area (Å²) in [6.07, 6.45) is 23.8. The van der Waals surface area contributed by atoms with Crippen LogP contribution in [-0.2, 0) is 19.0 Å². The summed E-state index contributed by atoms with van der Waals surface area (Å²) in [6, 6.07) is 0. The number of hydrogen-bond donors (Lipinski definition) is 1. The minimum Gasteiger partial charge on any atom is -0.466 e. The number of nitrogens with zero attached hydrogens (tertiary/aromatic N) is 2. The van der Waals surface area contributed by atoms with Crippen molar-refractivity contribution in [1.29, 1.82) is 0 Å². The zero-order chi connectivity index (χ0) is 35.5. The van der Waals surface area contributed by atoms with Gasteiger partial charge in [0.25, 0.3) is 0 Å². The number of aliphatic hydroxyl groups is 1. The second-order valence-corrected chi connectivity index (χ2v) is 13.8. The first kappa shape index (κ1) is 46.6. The van der Waals surface area contributed by atoms with Gasteiger partial charge in [0.05, 0.1) is 13.2 Å². The largest absolute Gasteiger partial charge is 0.508 e. The number of hydrogen-bond acceptors (Lipinski definition) is 8. The smallest absolute Gasteiger partial charge is 0.466 e. The van der Waals surface area contributed by atoms with E-state index in [-0.39, 0.29) is 25.3 Å². The Morgan fingerprint density at radius 3 is 1.69 bits per heavy atom. The lowest BCUT2D eigenvalue weighted by Gasteiger charge is -2.25. The lowest BCUT2D eigenvalue weighted by molar-refractivity contribution is -0.144. The van der Waals surface area contributed by atoms with Gasteiger partial charge in [-0.3, -0.25) is 9.69 Å². The van der Waals surface area contributed by atoms with Gasteiger partial charge in [0.2, 0.25) is 0 Å². The Hall–Kier alpha value is -1.38. The number of esters is 1. The fourth-order valence-corrected chi connectivity index (χ4v) is 6.33. The highest BCUT2D eigenvalue weighted by Gasteiger charge is 2.16. The Kier molecular flexibility index (Phi) is 34.4. The van der Waals surface area contributed by atoms with E-state index in [4.69, 9.17) is 14.2 Å². The molecular weight excluding hydrogens is 604 g/mol. The molecule has 2 atom stereocenters. The fourth-order valence-electron chi connectivity index (χ4n) is 6.33. The summed E-state index contributed by atoms with van der Waals surface area (Å²) in [5.74, 6) is 0.661. The second kappa shape index (κ2) is 35.4. The maximum absolute atomic E-state index is 12.5. The van der Waals surface area contributed by atoms with Crippen molar-refractivity contribution in [3.05, 3.63) is 0 Å². The summed E-state index contributed by atoms with van der Waals surface area (Å²) in [7, 11) is 0. The molecule has 0 aromatic carbocycles. The highest BCUT2D eigenvalue weighted by Crippen LogP contribution is 2.21. The lowest BCUT2D eigenvalue weighted by atomic mass is 9.92. The van der Waals surface area contributed by atoms with Gasteiger partial charge in [0.1, 0.15) is 12.7 Å². The van der Waals surface area contributed by atoms with E-state index < -0.39 is 6.16 Å². The van der Waals surface area contributed by atoms with Gasteiger partial charge in [-0.25, -0.2) is 4.79 Å². The first-order chi connectivity index (χ1) is 23.4. The summed E-state index contributed by atoms with van der Waals surface area (Å²) in [5.41, 5.74) is 0. The first-order valence-electron chi connectivity index (χ1n) is 20.5. The van der Waals surface area contributed by atoms with E-state index >= 15 is 0 Å². The monoisotopic (exact) mass is 685 g/mol. The molecular formula is C40H80N2O6. The molecule has 1 N–H and O–H groups in total. The van der Waals surface area contributed by atoms with Crippen molar-refractivity contribution in [3.63, 3.8) is 0 Å². The quantitative estimate of drug-likeness (QED) is 0.0515. The van der Waals surface area contributed by atoms with E-state index in [1.165, 1.54) is 64.2 Å². The second-order valence-electron chi connectivity index (χ2n) is 13.8. The average molecular weight is 685 g/mol. The third-order valence-electron chi connectivity index (χ3n) is 9.69. The molecule has 0 radical (unpaired) electrons. The number of ether oxygens (including phenoxy) is 3. The molecule has 0 aromatic heterocycles. The minimum absolute atomic E-state index is 0.0362. The van der Waals surface area contributed by atoms with Crippen LogP contribution in [0.4, 0.5) is 4.79 Å². The lowest BCUT2D eigenvalue weighted by Crippen LogP contribution is -2.38. The number of rotatable bonds is 36. The predicted octanol–water partition coefficient (Wildman–Crippen LogP) is 9.95. The van der Waals surface area contributed by atoms with Crippen molar-refractivity contribution in [2.45, 2.75) is 182 Å². The normalized spacial score (nSPS) is 12.8. The summed E-state index contributed by atoms with van der Waals surface area (Å²) in [5, 5.41) is 9.44.